The van der Waals surface area contributed by atoms with Crippen molar-refractivity contribution in [1.29, 1.82) is 0 Å². The molecule has 2 nitrogen and oxygen atoms in total. The highest BCUT2D eigenvalue weighted by Crippen LogP contribution is 2.41. The third-order valence-electron chi connectivity index (χ3n) is 4.92. The highest BCUT2D eigenvalue weighted by molar-refractivity contribution is 5.66. The molecule has 1 aliphatic rings. The lowest BCUT2D eigenvalue weighted by atomic mass is 10.0. The first-order valence-electron chi connectivity index (χ1n) is 8.28. The molecule has 1 aliphatic heterocycles. The summed E-state index contributed by atoms with van der Waals surface area (Å²) in [6, 6.07) is 18.0. The maximum absolute atomic E-state index is 2.39. The van der Waals surface area contributed by atoms with E-state index in [4.69, 9.17) is 0 Å². The van der Waals surface area contributed by atoms with Gasteiger partial charge in [-0.1, -0.05) is 36.4 Å². The molecule has 0 fully saturated rings. The molecule has 2 heteroatoms. The molecule has 0 spiro atoms. The Hall–Kier alpha value is -1.64. The van der Waals surface area contributed by atoms with E-state index >= 15 is 0 Å². The maximum Gasteiger partial charge on any atom is 0.140 e. The van der Waals surface area contributed by atoms with E-state index in [1.165, 1.54) is 28.9 Å². The fourth-order valence-electron chi connectivity index (χ4n) is 3.75. The Morgan fingerprint density at radius 3 is 1.86 bits per heavy atom. The van der Waals surface area contributed by atoms with Crippen LogP contribution in [0.25, 0.3) is 0 Å². The zero-order valence-corrected chi connectivity index (χ0v) is 14.0. The summed E-state index contributed by atoms with van der Waals surface area (Å²) in [4.78, 5) is 2.28. The van der Waals surface area contributed by atoms with Crippen molar-refractivity contribution in [3.05, 3.63) is 59.7 Å². The molecule has 0 unspecified atom stereocenters. The van der Waals surface area contributed by atoms with Gasteiger partial charge in [-0.3, -0.25) is 4.48 Å². The second kappa shape index (κ2) is 6.23. The molecule has 1 heterocycles. The Bertz CT molecular complexity index is 598. The van der Waals surface area contributed by atoms with E-state index in [1.807, 2.05) is 0 Å². The minimum atomic E-state index is 0.931. The largest absolute Gasteiger partial charge is 0.309 e. The molecule has 0 bridgehead atoms. The Kier molecular flexibility index (Phi) is 4.32. The third-order valence-corrected chi connectivity index (χ3v) is 4.92. The van der Waals surface area contributed by atoms with Gasteiger partial charge in [0.1, 0.15) is 11.4 Å². The first-order chi connectivity index (χ1) is 10.6. The van der Waals surface area contributed by atoms with Crippen LogP contribution < -0.4 is 4.48 Å². The first kappa shape index (κ1) is 15.3. The Balaban J connectivity index is 2.05. The van der Waals surface area contributed by atoms with Crippen molar-refractivity contribution < 1.29 is 0 Å². The van der Waals surface area contributed by atoms with Gasteiger partial charge in [-0.15, -0.1) is 0 Å². The lowest BCUT2D eigenvalue weighted by Crippen LogP contribution is -2.42. The zero-order chi connectivity index (χ0) is 15.6. The molecule has 0 aliphatic carbocycles. The number of fused-ring (bicyclic) bond motifs is 2. The van der Waals surface area contributed by atoms with E-state index in [1.54, 1.807) is 0 Å². The molecule has 0 saturated carbocycles. The second-order valence-corrected chi connectivity index (χ2v) is 6.83. The van der Waals surface area contributed by atoms with E-state index < -0.39 is 0 Å². The zero-order valence-electron chi connectivity index (χ0n) is 14.0. The van der Waals surface area contributed by atoms with Crippen LogP contribution in [0.15, 0.2) is 48.5 Å². The quantitative estimate of drug-likeness (QED) is 0.771. The van der Waals surface area contributed by atoms with E-state index in [2.05, 4.69) is 74.6 Å². The molecule has 116 valence electrons. The average molecular weight is 295 g/mol. The molecule has 22 heavy (non-hydrogen) atoms. The lowest BCUT2D eigenvalue weighted by Gasteiger charge is -2.35. The van der Waals surface area contributed by atoms with Gasteiger partial charge in [-0.2, -0.15) is 0 Å². The summed E-state index contributed by atoms with van der Waals surface area (Å²) in [5, 5.41) is 0. The number of benzene rings is 2. The van der Waals surface area contributed by atoms with Crippen molar-refractivity contribution in [2.45, 2.75) is 19.3 Å². The second-order valence-electron chi connectivity index (χ2n) is 6.83. The van der Waals surface area contributed by atoms with Gasteiger partial charge in [-0.05, 0) is 39.1 Å². The van der Waals surface area contributed by atoms with Crippen LogP contribution in [0.3, 0.4) is 0 Å². The highest BCUT2D eigenvalue weighted by Gasteiger charge is 2.34. The molecule has 2 aromatic rings. The predicted molar refractivity (Wildman–Crippen MR) is 95.7 cm³/mol. The van der Waals surface area contributed by atoms with Crippen molar-refractivity contribution in [1.82, 2.24) is 9.38 Å². The SMILES string of the molecule is CN(C)CCC[N+]1(C)c2ccccc2CCc2ccccc21. The first-order valence-corrected chi connectivity index (χ1v) is 8.28. The van der Waals surface area contributed by atoms with Crippen LogP contribution in [0.2, 0.25) is 0 Å². The third kappa shape index (κ3) is 2.81. The summed E-state index contributed by atoms with van der Waals surface area (Å²) in [5.41, 5.74) is 5.97. The number of rotatable bonds is 4. The fraction of sp³-hybridized carbons (Fsp3) is 0.400. The number of hydrogen-bond donors (Lipinski definition) is 0. The standard InChI is InChI=1S/C20H27N2/c1-21(2)15-8-16-22(3)19-11-6-4-9-17(19)13-14-18-10-5-7-12-20(18)22/h4-7,9-12H,8,13-16H2,1-3H3/q+1. The summed E-state index contributed by atoms with van der Waals surface area (Å²) in [5.74, 6) is 0. The minimum absolute atomic E-state index is 0.931. The highest BCUT2D eigenvalue weighted by atomic mass is 15.3. The van der Waals surface area contributed by atoms with Gasteiger partial charge in [0.05, 0.1) is 13.6 Å². The van der Waals surface area contributed by atoms with Gasteiger partial charge >= 0.3 is 0 Å². The minimum Gasteiger partial charge on any atom is -0.309 e. The van der Waals surface area contributed by atoms with Gasteiger partial charge < -0.3 is 4.90 Å². The molecule has 0 amide bonds. The van der Waals surface area contributed by atoms with Crippen molar-refractivity contribution in [2.24, 2.45) is 0 Å². The van der Waals surface area contributed by atoms with Crippen LogP contribution in [0.4, 0.5) is 11.4 Å². The number of hydrogen-bond acceptors (Lipinski definition) is 1. The number of aryl methyl sites for hydroxylation is 2. The van der Waals surface area contributed by atoms with Crippen molar-refractivity contribution in [2.75, 3.05) is 34.2 Å². The lowest BCUT2D eigenvalue weighted by molar-refractivity contribution is 0.359. The van der Waals surface area contributed by atoms with Crippen LogP contribution >= 0.6 is 0 Å². The van der Waals surface area contributed by atoms with Gasteiger partial charge in [0, 0.05) is 24.1 Å². The van der Waals surface area contributed by atoms with Crippen LogP contribution in [-0.4, -0.2) is 39.1 Å². The summed E-state index contributed by atoms with van der Waals surface area (Å²) in [6.07, 6.45) is 3.50. The molecular formula is C20H27N2+. The summed E-state index contributed by atoms with van der Waals surface area (Å²) in [7, 11) is 6.70. The van der Waals surface area contributed by atoms with Gasteiger partial charge in [0.2, 0.25) is 0 Å². The molecule has 2 aromatic carbocycles. The fourth-order valence-corrected chi connectivity index (χ4v) is 3.75. The molecule has 0 radical (unpaired) electrons. The summed E-state index contributed by atoms with van der Waals surface area (Å²) in [6.45, 7) is 2.28. The predicted octanol–water partition coefficient (Wildman–Crippen LogP) is 4.01. The van der Waals surface area contributed by atoms with E-state index in [-0.39, 0.29) is 0 Å². The Morgan fingerprint density at radius 1 is 0.864 bits per heavy atom. The topological polar surface area (TPSA) is 3.24 Å². The molecule has 3 rings (SSSR count). The van der Waals surface area contributed by atoms with Crippen LogP contribution in [0.5, 0.6) is 0 Å². The van der Waals surface area contributed by atoms with E-state index in [9.17, 15) is 0 Å². The van der Waals surface area contributed by atoms with E-state index in [0.29, 0.717) is 0 Å². The number of nitrogens with zero attached hydrogens (tertiary/aromatic N) is 2. The van der Waals surface area contributed by atoms with Crippen molar-refractivity contribution >= 4 is 11.4 Å². The summed E-state index contributed by atoms with van der Waals surface area (Å²) >= 11 is 0. The van der Waals surface area contributed by atoms with Crippen LogP contribution in [0, 0.1) is 0 Å². The maximum atomic E-state index is 2.39. The average Bonchev–Trinajstić information content (AvgIpc) is 2.64. The van der Waals surface area contributed by atoms with Gasteiger partial charge in [-0.25, -0.2) is 0 Å². The number of para-hydroxylation sites is 2. The Labute approximate surface area is 134 Å². The van der Waals surface area contributed by atoms with Gasteiger partial charge in [0.25, 0.3) is 0 Å². The molecule has 0 aromatic heterocycles. The van der Waals surface area contributed by atoms with Crippen molar-refractivity contribution in [3.8, 4) is 0 Å². The number of quaternary nitrogens is 1. The van der Waals surface area contributed by atoms with Crippen molar-refractivity contribution in [3.63, 3.8) is 0 Å². The van der Waals surface area contributed by atoms with Crippen LogP contribution in [-0.2, 0) is 12.8 Å². The summed E-state index contributed by atoms with van der Waals surface area (Å²) < 4.78 is 0.931. The van der Waals surface area contributed by atoms with E-state index in [0.717, 1.165) is 30.4 Å². The monoisotopic (exact) mass is 295 g/mol. The Morgan fingerprint density at radius 2 is 1.36 bits per heavy atom. The smallest absolute Gasteiger partial charge is 0.140 e. The molecule has 0 saturated heterocycles. The molecule has 0 N–H and O–H groups in total. The normalized spacial score (nSPS) is 16.0. The molecule has 0 atom stereocenters. The van der Waals surface area contributed by atoms with Gasteiger partial charge in [0.15, 0.2) is 0 Å². The van der Waals surface area contributed by atoms with Crippen LogP contribution in [0.1, 0.15) is 17.5 Å². The molecular weight excluding hydrogens is 268 g/mol.